The SMILES string of the molecule is CC(C)NC1(C)N=CON1. The van der Waals surface area contributed by atoms with Crippen LogP contribution in [0.3, 0.4) is 0 Å². The van der Waals surface area contributed by atoms with Crippen LogP contribution in [0.2, 0.25) is 0 Å². The van der Waals surface area contributed by atoms with E-state index < -0.39 is 5.79 Å². The first-order valence-corrected chi connectivity index (χ1v) is 3.37. The highest BCUT2D eigenvalue weighted by Crippen LogP contribution is 2.05. The maximum Gasteiger partial charge on any atom is 0.199 e. The standard InChI is InChI=1S/C6H13N3O/c1-5(2)8-6(3)7-4-10-9-6/h4-5,8-9H,1-3H3. The highest BCUT2D eigenvalue weighted by atomic mass is 16.7. The van der Waals surface area contributed by atoms with E-state index in [-0.39, 0.29) is 0 Å². The van der Waals surface area contributed by atoms with Gasteiger partial charge in [0.15, 0.2) is 12.2 Å². The number of nitrogens with one attached hydrogen (secondary N) is 2. The van der Waals surface area contributed by atoms with E-state index >= 15 is 0 Å². The molecule has 0 fully saturated rings. The molecule has 58 valence electrons. The van der Waals surface area contributed by atoms with Gasteiger partial charge in [0.25, 0.3) is 0 Å². The highest BCUT2D eigenvalue weighted by Gasteiger charge is 2.26. The van der Waals surface area contributed by atoms with E-state index in [1.807, 2.05) is 6.92 Å². The van der Waals surface area contributed by atoms with Gasteiger partial charge in [-0.2, -0.15) is 0 Å². The quantitative estimate of drug-likeness (QED) is 0.581. The van der Waals surface area contributed by atoms with Crippen molar-refractivity contribution in [2.24, 2.45) is 4.99 Å². The van der Waals surface area contributed by atoms with Gasteiger partial charge >= 0.3 is 0 Å². The monoisotopic (exact) mass is 143 g/mol. The zero-order valence-electron chi connectivity index (χ0n) is 6.51. The van der Waals surface area contributed by atoms with Gasteiger partial charge in [-0.15, -0.1) is 5.48 Å². The number of nitrogens with zero attached hydrogens (tertiary/aromatic N) is 1. The van der Waals surface area contributed by atoms with Crippen LogP contribution >= 0.6 is 0 Å². The first-order valence-electron chi connectivity index (χ1n) is 3.37. The van der Waals surface area contributed by atoms with Gasteiger partial charge in [0, 0.05) is 6.04 Å². The van der Waals surface area contributed by atoms with Gasteiger partial charge in [-0.25, -0.2) is 4.99 Å². The Hall–Kier alpha value is -0.610. The summed E-state index contributed by atoms with van der Waals surface area (Å²) in [6.45, 7) is 6.03. The summed E-state index contributed by atoms with van der Waals surface area (Å²) in [5, 5.41) is 3.18. The molecule has 4 heteroatoms. The molecule has 0 amide bonds. The van der Waals surface area contributed by atoms with Crippen molar-refractivity contribution in [3.63, 3.8) is 0 Å². The van der Waals surface area contributed by atoms with E-state index in [1.165, 1.54) is 6.40 Å². The first-order chi connectivity index (χ1) is 4.62. The zero-order chi connectivity index (χ0) is 7.61. The van der Waals surface area contributed by atoms with Crippen LogP contribution in [0.1, 0.15) is 20.8 Å². The predicted molar refractivity (Wildman–Crippen MR) is 39.4 cm³/mol. The Labute approximate surface area is 60.6 Å². The molecule has 1 rings (SSSR count). The summed E-state index contributed by atoms with van der Waals surface area (Å²) in [6, 6.07) is 0.386. The summed E-state index contributed by atoms with van der Waals surface area (Å²) >= 11 is 0. The molecule has 0 saturated heterocycles. The van der Waals surface area contributed by atoms with E-state index in [1.54, 1.807) is 0 Å². The summed E-state index contributed by atoms with van der Waals surface area (Å²) < 4.78 is 0. The number of hydrogen-bond donors (Lipinski definition) is 2. The van der Waals surface area contributed by atoms with Crippen molar-refractivity contribution in [1.29, 1.82) is 0 Å². The minimum atomic E-state index is -0.436. The molecule has 4 nitrogen and oxygen atoms in total. The fourth-order valence-electron chi connectivity index (χ4n) is 0.928. The van der Waals surface area contributed by atoms with E-state index in [9.17, 15) is 0 Å². The molecule has 0 aromatic rings. The third-order valence-electron chi connectivity index (χ3n) is 1.19. The van der Waals surface area contributed by atoms with Crippen LogP contribution < -0.4 is 10.8 Å². The third-order valence-corrected chi connectivity index (χ3v) is 1.19. The molecule has 1 aliphatic heterocycles. The van der Waals surface area contributed by atoms with Crippen LogP contribution in [0.25, 0.3) is 0 Å². The molecule has 0 spiro atoms. The molecule has 0 radical (unpaired) electrons. The molecular formula is C6H13N3O. The lowest BCUT2D eigenvalue weighted by Gasteiger charge is -2.23. The topological polar surface area (TPSA) is 45.7 Å². The number of hydroxylamine groups is 1. The highest BCUT2D eigenvalue weighted by molar-refractivity contribution is 5.48. The van der Waals surface area contributed by atoms with E-state index in [0.717, 1.165) is 0 Å². The molecule has 1 aliphatic rings. The fraction of sp³-hybridized carbons (Fsp3) is 0.833. The number of rotatable bonds is 2. The van der Waals surface area contributed by atoms with Crippen LogP contribution in [-0.4, -0.2) is 18.2 Å². The minimum Gasteiger partial charge on any atom is -0.393 e. The predicted octanol–water partition coefficient (Wildman–Crippen LogP) is 0.221. The summed E-state index contributed by atoms with van der Waals surface area (Å²) in [4.78, 5) is 8.80. The molecule has 0 saturated carbocycles. The second kappa shape index (κ2) is 2.56. The molecule has 1 unspecified atom stereocenters. The average Bonchev–Trinajstić information content (AvgIpc) is 2.12. The van der Waals surface area contributed by atoms with Crippen molar-refractivity contribution in [3.05, 3.63) is 0 Å². The molecule has 0 bridgehead atoms. The van der Waals surface area contributed by atoms with Crippen LogP contribution in [0, 0.1) is 0 Å². The maximum atomic E-state index is 4.76. The minimum absolute atomic E-state index is 0.386. The molecule has 2 N–H and O–H groups in total. The smallest absolute Gasteiger partial charge is 0.199 e. The van der Waals surface area contributed by atoms with Crippen LogP contribution in [0.15, 0.2) is 4.99 Å². The van der Waals surface area contributed by atoms with Crippen LogP contribution in [-0.2, 0) is 4.84 Å². The normalized spacial score (nSPS) is 31.2. The fourth-order valence-corrected chi connectivity index (χ4v) is 0.928. The van der Waals surface area contributed by atoms with Gasteiger partial charge in [0.1, 0.15) is 0 Å². The van der Waals surface area contributed by atoms with Crippen LogP contribution in [0.5, 0.6) is 0 Å². The summed E-state index contributed by atoms with van der Waals surface area (Å²) in [7, 11) is 0. The lowest BCUT2D eigenvalue weighted by atomic mass is 10.3. The Morgan fingerprint density at radius 3 is 2.80 bits per heavy atom. The number of hydrogen-bond acceptors (Lipinski definition) is 4. The largest absolute Gasteiger partial charge is 0.393 e. The zero-order valence-corrected chi connectivity index (χ0v) is 6.51. The van der Waals surface area contributed by atoms with E-state index in [2.05, 4.69) is 29.6 Å². The lowest BCUT2D eigenvalue weighted by Crippen LogP contribution is -2.52. The molecule has 1 heterocycles. The average molecular weight is 143 g/mol. The Bertz CT molecular complexity index is 146. The van der Waals surface area contributed by atoms with Gasteiger partial charge in [-0.3, -0.25) is 5.32 Å². The van der Waals surface area contributed by atoms with E-state index in [0.29, 0.717) is 6.04 Å². The Balaban J connectivity index is 2.44. The molecule has 0 aliphatic carbocycles. The summed E-state index contributed by atoms with van der Waals surface area (Å²) in [6.07, 6.45) is 1.40. The van der Waals surface area contributed by atoms with Gasteiger partial charge < -0.3 is 4.84 Å². The Morgan fingerprint density at radius 2 is 2.40 bits per heavy atom. The van der Waals surface area contributed by atoms with Gasteiger partial charge in [-0.05, 0) is 20.8 Å². The summed E-state index contributed by atoms with van der Waals surface area (Å²) in [5.41, 5.74) is 2.73. The third kappa shape index (κ3) is 1.68. The van der Waals surface area contributed by atoms with Crippen molar-refractivity contribution in [1.82, 2.24) is 10.8 Å². The lowest BCUT2D eigenvalue weighted by molar-refractivity contribution is 0.105. The second-order valence-corrected chi connectivity index (χ2v) is 2.83. The molecule has 0 aromatic heterocycles. The second-order valence-electron chi connectivity index (χ2n) is 2.83. The molecule has 1 atom stereocenters. The molecule has 0 aromatic carbocycles. The van der Waals surface area contributed by atoms with Crippen molar-refractivity contribution in [2.45, 2.75) is 32.6 Å². The van der Waals surface area contributed by atoms with Crippen molar-refractivity contribution >= 4 is 6.40 Å². The van der Waals surface area contributed by atoms with Gasteiger partial charge in [0.05, 0.1) is 0 Å². The Morgan fingerprint density at radius 1 is 1.70 bits per heavy atom. The first kappa shape index (κ1) is 7.50. The van der Waals surface area contributed by atoms with E-state index in [4.69, 9.17) is 4.84 Å². The van der Waals surface area contributed by atoms with Crippen molar-refractivity contribution in [2.75, 3.05) is 0 Å². The molecule has 10 heavy (non-hydrogen) atoms. The van der Waals surface area contributed by atoms with Crippen molar-refractivity contribution < 1.29 is 4.84 Å². The van der Waals surface area contributed by atoms with Crippen molar-refractivity contribution in [3.8, 4) is 0 Å². The van der Waals surface area contributed by atoms with Gasteiger partial charge in [-0.1, -0.05) is 0 Å². The van der Waals surface area contributed by atoms with Crippen LogP contribution in [0.4, 0.5) is 0 Å². The maximum absolute atomic E-state index is 4.76. The van der Waals surface area contributed by atoms with Gasteiger partial charge in [0.2, 0.25) is 0 Å². The molecular weight excluding hydrogens is 130 g/mol. The number of aliphatic imine (C=N–C) groups is 1. The Kier molecular flexibility index (Phi) is 1.92. The summed E-state index contributed by atoms with van der Waals surface area (Å²) in [5.74, 6) is -0.436.